The van der Waals surface area contributed by atoms with Crippen molar-refractivity contribution in [3.8, 4) is 0 Å². The molecule has 0 spiro atoms. The lowest BCUT2D eigenvalue weighted by Gasteiger charge is -2.18. The number of hydrogen-bond acceptors (Lipinski definition) is 4. The molecule has 0 aliphatic carbocycles. The Morgan fingerprint density at radius 1 is 1.00 bits per heavy atom. The van der Waals surface area contributed by atoms with Gasteiger partial charge < -0.3 is 14.6 Å². The third-order valence-corrected chi connectivity index (χ3v) is 3.65. The van der Waals surface area contributed by atoms with Crippen LogP contribution >= 0.6 is 0 Å². The van der Waals surface area contributed by atoms with Crippen LogP contribution in [0.15, 0.2) is 72.2 Å². The van der Waals surface area contributed by atoms with Gasteiger partial charge in [-0.1, -0.05) is 59.8 Å². The van der Waals surface area contributed by atoms with Crippen molar-refractivity contribution >= 4 is 6.21 Å². The molecule has 0 radical (unpaired) electrons. The summed E-state index contributed by atoms with van der Waals surface area (Å²) >= 11 is 0. The van der Waals surface area contributed by atoms with E-state index in [1.165, 1.54) is 5.56 Å². The zero-order valence-corrected chi connectivity index (χ0v) is 13.3. The lowest BCUT2D eigenvalue weighted by atomic mass is 10.1. The average molecular weight is 307 g/mol. The number of nitrogens with zero attached hydrogens (tertiary/aromatic N) is 3. The molecule has 4 heteroatoms. The molecule has 0 saturated heterocycles. The fourth-order valence-electron chi connectivity index (χ4n) is 2.42. The molecule has 0 aromatic heterocycles. The van der Waals surface area contributed by atoms with Gasteiger partial charge in [-0.2, -0.15) is 0 Å². The molecule has 23 heavy (non-hydrogen) atoms. The topological polar surface area (TPSA) is 28.1 Å². The van der Waals surface area contributed by atoms with Crippen LogP contribution in [0.2, 0.25) is 0 Å². The zero-order valence-electron chi connectivity index (χ0n) is 13.3. The first-order valence-corrected chi connectivity index (χ1v) is 7.70. The van der Waals surface area contributed by atoms with Crippen molar-refractivity contribution in [3.63, 3.8) is 0 Å². The highest BCUT2D eigenvalue weighted by Crippen LogP contribution is 2.11. The van der Waals surface area contributed by atoms with Crippen molar-refractivity contribution < 1.29 is 4.84 Å². The van der Waals surface area contributed by atoms with Crippen molar-refractivity contribution in [2.24, 2.45) is 5.16 Å². The highest BCUT2D eigenvalue weighted by molar-refractivity contribution is 5.79. The van der Waals surface area contributed by atoms with Gasteiger partial charge in [-0.15, -0.1) is 0 Å². The Hall–Kier alpha value is -2.75. The summed E-state index contributed by atoms with van der Waals surface area (Å²) in [6.07, 6.45) is 5.95. The minimum atomic E-state index is 0.490. The predicted octanol–water partition coefficient (Wildman–Crippen LogP) is 3.41. The van der Waals surface area contributed by atoms with E-state index in [1.54, 1.807) is 6.21 Å². The maximum atomic E-state index is 5.32. The Morgan fingerprint density at radius 3 is 2.48 bits per heavy atom. The molecule has 0 atom stereocenters. The highest BCUT2D eigenvalue weighted by atomic mass is 16.6. The minimum Gasteiger partial charge on any atom is -0.391 e. The second kappa shape index (κ2) is 7.49. The molecule has 0 fully saturated rings. The van der Waals surface area contributed by atoms with Crippen LogP contribution < -0.4 is 0 Å². The van der Waals surface area contributed by atoms with Gasteiger partial charge in [0.25, 0.3) is 0 Å². The minimum absolute atomic E-state index is 0.490. The molecule has 0 unspecified atom stereocenters. The molecule has 2 aromatic rings. The summed E-state index contributed by atoms with van der Waals surface area (Å²) in [4.78, 5) is 9.75. The van der Waals surface area contributed by atoms with Crippen molar-refractivity contribution in [1.29, 1.82) is 0 Å². The van der Waals surface area contributed by atoms with Gasteiger partial charge in [-0.05, 0) is 16.7 Å². The van der Waals surface area contributed by atoms with Crippen LogP contribution in [-0.4, -0.2) is 29.7 Å². The van der Waals surface area contributed by atoms with Crippen molar-refractivity contribution in [3.05, 3.63) is 83.7 Å². The monoisotopic (exact) mass is 307 g/mol. The fraction of sp³-hybridized carbons (Fsp3) is 0.211. The van der Waals surface area contributed by atoms with Crippen LogP contribution in [0, 0.1) is 0 Å². The molecule has 1 aliphatic heterocycles. The van der Waals surface area contributed by atoms with E-state index in [2.05, 4.69) is 58.7 Å². The predicted molar refractivity (Wildman–Crippen MR) is 92.6 cm³/mol. The second-order valence-electron chi connectivity index (χ2n) is 5.68. The number of benzene rings is 2. The molecule has 0 N–H and O–H groups in total. The average Bonchev–Trinajstić information content (AvgIpc) is 2.99. The van der Waals surface area contributed by atoms with Crippen LogP contribution in [0.1, 0.15) is 16.7 Å². The molecule has 0 amide bonds. The lowest BCUT2D eigenvalue weighted by molar-refractivity contribution is 0.132. The van der Waals surface area contributed by atoms with E-state index in [0.29, 0.717) is 6.61 Å². The van der Waals surface area contributed by atoms with E-state index < -0.39 is 0 Å². The van der Waals surface area contributed by atoms with Gasteiger partial charge in [0.2, 0.25) is 0 Å². The molecule has 2 aromatic carbocycles. The first-order chi connectivity index (χ1) is 11.3. The Kier molecular flexibility index (Phi) is 4.94. The molecular weight excluding hydrogens is 286 g/mol. The summed E-state index contributed by atoms with van der Waals surface area (Å²) in [6.45, 7) is 2.35. The Morgan fingerprint density at radius 2 is 1.78 bits per heavy atom. The van der Waals surface area contributed by atoms with Gasteiger partial charge in [0.05, 0.1) is 12.9 Å². The summed E-state index contributed by atoms with van der Waals surface area (Å²) < 4.78 is 0. The van der Waals surface area contributed by atoms with Crippen LogP contribution in [0.5, 0.6) is 0 Å². The largest absolute Gasteiger partial charge is 0.391 e. The van der Waals surface area contributed by atoms with Gasteiger partial charge in [-0.25, -0.2) is 0 Å². The molecule has 118 valence electrons. The molecule has 0 bridgehead atoms. The fourth-order valence-corrected chi connectivity index (χ4v) is 2.42. The SMILES string of the molecule is CN1C=CN(Cc2ccc(/C=N/OCc3ccccc3)cc2)C1. The summed E-state index contributed by atoms with van der Waals surface area (Å²) in [5.41, 5.74) is 3.44. The van der Waals surface area contributed by atoms with Gasteiger partial charge in [0.15, 0.2) is 0 Å². The maximum absolute atomic E-state index is 5.32. The van der Waals surface area contributed by atoms with E-state index in [1.807, 2.05) is 30.3 Å². The smallest absolute Gasteiger partial charge is 0.142 e. The number of rotatable bonds is 6. The second-order valence-corrected chi connectivity index (χ2v) is 5.68. The quantitative estimate of drug-likeness (QED) is 0.605. The first-order valence-electron chi connectivity index (χ1n) is 7.70. The standard InChI is InChI=1S/C19H21N3O/c1-21-11-12-22(16-21)14-18-9-7-17(8-10-18)13-20-23-15-19-5-3-2-4-6-19/h2-13H,14-16H2,1H3/b20-13+. The summed E-state index contributed by atoms with van der Waals surface area (Å²) in [6, 6.07) is 18.4. The molecular formula is C19H21N3O. The normalized spacial score (nSPS) is 14.0. The number of oxime groups is 1. The van der Waals surface area contributed by atoms with Crippen molar-refractivity contribution in [1.82, 2.24) is 9.80 Å². The highest BCUT2D eigenvalue weighted by Gasteiger charge is 2.08. The maximum Gasteiger partial charge on any atom is 0.142 e. The van der Waals surface area contributed by atoms with Gasteiger partial charge in [0, 0.05) is 26.0 Å². The third-order valence-electron chi connectivity index (χ3n) is 3.65. The lowest BCUT2D eigenvalue weighted by Crippen LogP contribution is -2.21. The van der Waals surface area contributed by atoms with Gasteiger partial charge in [-0.3, -0.25) is 0 Å². The van der Waals surface area contributed by atoms with Gasteiger partial charge >= 0.3 is 0 Å². The van der Waals surface area contributed by atoms with E-state index in [-0.39, 0.29) is 0 Å². The third kappa shape index (κ3) is 4.61. The first kappa shape index (κ1) is 15.2. The van der Waals surface area contributed by atoms with Crippen LogP contribution in [0.25, 0.3) is 0 Å². The van der Waals surface area contributed by atoms with Crippen molar-refractivity contribution in [2.45, 2.75) is 13.2 Å². The Balaban J connectivity index is 1.47. The molecule has 0 saturated carbocycles. The van der Waals surface area contributed by atoms with E-state index in [4.69, 9.17) is 4.84 Å². The Labute approximate surface area is 137 Å². The Bertz CT molecular complexity index is 665. The van der Waals surface area contributed by atoms with E-state index in [9.17, 15) is 0 Å². The summed E-state index contributed by atoms with van der Waals surface area (Å²) in [5, 5.41) is 4.03. The zero-order chi connectivity index (χ0) is 15.9. The molecule has 1 heterocycles. The molecule has 4 nitrogen and oxygen atoms in total. The van der Waals surface area contributed by atoms with Crippen molar-refractivity contribution in [2.75, 3.05) is 13.7 Å². The summed E-state index contributed by atoms with van der Waals surface area (Å²) in [7, 11) is 2.07. The molecule has 3 rings (SSSR count). The van der Waals surface area contributed by atoms with E-state index in [0.717, 1.165) is 24.3 Å². The summed E-state index contributed by atoms with van der Waals surface area (Å²) in [5.74, 6) is 0. The van der Waals surface area contributed by atoms with Gasteiger partial charge in [0.1, 0.15) is 6.61 Å². The van der Waals surface area contributed by atoms with Crippen LogP contribution in [0.3, 0.4) is 0 Å². The van der Waals surface area contributed by atoms with Crippen LogP contribution in [0.4, 0.5) is 0 Å². The molecule has 1 aliphatic rings. The number of hydrogen-bond donors (Lipinski definition) is 0. The van der Waals surface area contributed by atoms with E-state index >= 15 is 0 Å². The van der Waals surface area contributed by atoms with Crippen LogP contribution in [-0.2, 0) is 18.0 Å².